The number of benzene rings is 1. The lowest BCUT2D eigenvalue weighted by molar-refractivity contribution is 0.516. The van der Waals surface area contributed by atoms with Crippen molar-refractivity contribution < 1.29 is 8.81 Å². The van der Waals surface area contributed by atoms with Gasteiger partial charge in [0.1, 0.15) is 11.6 Å². The maximum Gasteiger partial charge on any atom is 0.128 e. The molecule has 1 heterocycles. The Hall–Kier alpha value is -1.61. The molecule has 0 aliphatic heterocycles. The number of nitrogens with one attached hydrogen (secondary N) is 1. The molecule has 18 heavy (non-hydrogen) atoms. The molecule has 0 bridgehead atoms. The summed E-state index contributed by atoms with van der Waals surface area (Å²) in [7, 11) is 0. The summed E-state index contributed by atoms with van der Waals surface area (Å²) in [4.78, 5) is 0. The third-order valence-corrected chi connectivity index (χ3v) is 2.90. The van der Waals surface area contributed by atoms with E-state index in [0.29, 0.717) is 5.56 Å². The molecule has 0 aliphatic carbocycles. The number of hydrogen-bond acceptors (Lipinski definition) is 2. The molecule has 1 N–H and O–H groups in total. The average Bonchev–Trinajstić information content (AvgIpc) is 2.78. The Kier molecular flexibility index (Phi) is 4.15. The molecule has 2 rings (SSSR count). The largest absolute Gasteiger partial charge is 0.469 e. The summed E-state index contributed by atoms with van der Waals surface area (Å²) in [5.41, 5.74) is 1.62. The fraction of sp³-hybridized carbons (Fsp3) is 0.333. The average molecular weight is 247 g/mol. The minimum absolute atomic E-state index is 0.149. The number of aryl methyl sites for hydroxylation is 1. The monoisotopic (exact) mass is 247 g/mol. The van der Waals surface area contributed by atoms with Crippen LogP contribution in [0.3, 0.4) is 0 Å². The van der Waals surface area contributed by atoms with Gasteiger partial charge in [0.15, 0.2) is 0 Å². The van der Waals surface area contributed by atoms with Crippen molar-refractivity contribution in [1.29, 1.82) is 0 Å². The highest BCUT2D eigenvalue weighted by Gasteiger charge is 2.18. The summed E-state index contributed by atoms with van der Waals surface area (Å²) in [6.45, 7) is 4.82. The van der Waals surface area contributed by atoms with Crippen LogP contribution in [-0.4, -0.2) is 6.54 Å². The van der Waals surface area contributed by atoms with Crippen LogP contribution in [0, 0.1) is 12.7 Å². The zero-order chi connectivity index (χ0) is 13.0. The van der Waals surface area contributed by atoms with Gasteiger partial charge in [0.05, 0.1) is 12.3 Å². The van der Waals surface area contributed by atoms with Crippen LogP contribution in [0.5, 0.6) is 0 Å². The minimum Gasteiger partial charge on any atom is -0.469 e. The Morgan fingerprint density at radius 2 is 2.11 bits per heavy atom. The van der Waals surface area contributed by atoms with Gasteiger partial charge in [-0.05, 0) is 32.0 Å². The molecule has 0 spiro atoms. The van der Waals surface area contributed by atoms with Gasteiger partial charge in [0, 0.05) is 11.1 Å². The molecule has 96 valence electrons. The molecule has 1 aromatic heterocycles. The van der Waals surface area contributed by atoms with Crippen LogP contribution in [0.25, 0.3) is 0 Å². The van der Waals surface area contributed by atoms with E-state index < -0.39 is 0 Å². The van der Waals surface area contributed by atoms with Crippen molar-refractivity contribution in [1.82, 2.24) is 5.32 Å². The fourth-order valence-corrected chi connectivity index (χ4v) is 2.02. The van der Waals surface area contributed by atoms with Crippen molar-refractivity contribution >= 4 is 0 Å². The topological polar surface area (TPSA) is 25.2 Å². The van der Waals surface area contributed by atoms with Crippen LogP contribution in [0.2, 0.25) is 0 Å². The van der Waals surface area contributed by atoms with Gasteiger partial charge in [0.25, 0.3) is 0 Å². The summed E-state index contributed by atoms with van der Waals surface area (Å²) in [6.07, 6.45) is 2.69. The predicted molar refractivity (Wildman–Crippen MR) is 70.0 cm³/mol. The van der Waals surface area contributed by atoms with Crippen LogP contribution in [0.4, 0.5) is 4.39 Å². The van der Waals surface area contributed by atoms with Crippen molar-refractivity contribution in [2.75, 3.05) is 6.54 Å². The number of furan rings is 1. The molecule has 0 amide bonds. The molecule has 1 atom stereocenters. The lowest BCUT2D eigenvalue weighted by Gasteiger charge is -2.18. The van der Waals surface area contributed by atoms with Gasteiger partial charge in [-0.25, -0.2) is 4.39 Å². The van der Waals surface area contributed by atoms with Crippen LogP contribution in [0.1, 0.15) is 36.3 Å². The van der Waals surface area contributed by atoms with E-state index in [1.165, 1.54) is 6.07 Å². The fourth-order valence-electron chi connectivity index (χ4n) is 2.02. The minimum atomic E-state index is -0.190. The predicted octanol–water partition coefficient (Wildman–Crippen LogP) is 3.82. The highest BCUT2D eigenvalue weighted by Crippen LogP contribution is 2.25. The summed E-state index contributed by atoms with van der Waals surface area (Å²) in [5, 5.41) is 3.36. The van der Waals surface area contributed by atoms with E-state index in [2.05, 4.69) is 12.2 Å². The van der Waals surface area contributed by atoms with Crippen LogP contribution in [-0.2, 0) is 0 Å². The van der Waals surface area contributed by atoms with Crippen molar-refractivity contribution in [3.05, 3.63) is 59.3 Å². The summed E-state index contributed by atoms with van der Waals surface area (Å²) >= 11 is 0. The Labute approximate surface area is 107 Å². The van der Waals surface area contributed by atoms with E-state index in [-0.39, 0.29) is 11.9 Å². The number of halogens is 1. The highest BCUT2D eigenvalue weighted by molar-refractivity contribution is 5.31. The first kappa shape index (κ1) is 12.8. The lowest BCUT2D eigenvalue weighted by atomic mass is 10.0. The Morgan fingerprint density at radius 1 is 1.33 bits per heavy atom. The van der Waals surface area contributed by atoms with Crippen molar-refractivity contribution in [3.63, 3.8) is 0 Å². The zero-order valence-electron chi connectivity index (χ0n) is 10.7. The highest BCUT2D eigenvalue weighted by atomic mass is 19.1. The van der Waals surface area contributed by atoms with Crippen LogP contribution >= 0.6 is 0 Å². The van der Waals surface area contributed by atoms with Crippen molar-refractivity contribution in [2.45, 2.75) is 26.3 Å². The Balaban J connectivity index is 2.33. The number of rotatable bonds is 5. The van der Waals surface area contributed by atoms with Gasteiger partial charge in [-0.2, -0.15) is 0 Å². The Bertz CT molecular complexity index is 507. The maximum absolute atomic E-state index is 13.9. The van der Waals surface area contributed by atoms with Crippen molar-refractivity contribution in [3.8, 4) is 0 Å². The van der Waals surface area contributed by atoms with Gasteiger partial charge in [-0.15, -0.1) is 0 Å². The quantitative estimate of drug-likeness (QED) is 0.869. The van der Waals surface area contributed by atoms with Gasteiger partial charge >= 0.3 is 0 Å². The second-order valence-corrected chi connectivity index (χ2v) is 4.40. The number of hydrogen-bond donors (Lipinski definition) is 1. The smallest absolute Gasteiger partial charge is 0.128 e. The summed E-state index contributed by atoms with van der Waals surface area (Å²) in [6, 6.07) is 8.65. The SMILES string of the molecule is CCCNC(c1coc(C)c1)c1ccccc1F. The normalized spacial score (nSPS) is 12.6. The molecule has 1 aromatic carbocycles. The van der Waals surface area contributed by atoms with E-state index in [9.17, 15) is 4.39 Å². The van der Waals surface area contributed by atoms with Crippen LogP contribution < -0.4 is 5.32 Å². The molecule has 0 saturated heterocycles. The second-order valence-electron chi connectivity index (χ2n) is 4.40. The van der Waals surface area contributed by atoms with Gasteiger partial charge in [-0.3, -0.25) is 0 Å². The third kappa shape index (κ3) is 2.79. The van der Waals surface area contributed by atoms with E-state index >= 15 is 0 Å². The summed E-state index contributed by atoms with van der Waals surface area (Å²) < 4.78 is 19.2. The molecule has 0 fully saturated rings. The molecule has 0 aliphatic rings. The maximum atomic E-state index is 13.9. The first-order chi connectivity index (χ1) is 8.72. The first-order valence-electron chi connectivity index (χ1n) is 6.25. The Morgan fingerprint density at radius 3 is 2.72 bits per heavy atom. The summed E-state index contributed by atoms with van der Waals surface area (Å²) in [5.74, 6) is 0.648. The first-order valence-corrected chi connectivity index (χ1v) is 6.25. The molecule has 2 aromatic rings. The molecule has 1 unspecified atom stereocenters. The van der Waals surface area contributed by atoms with E-state index in [1.807, 2.05) is 25.1 Å². The standard InChI is InChI=1S/C15H18FNO/c1-3-8-17-15(12-9-11(2)18-10-12)13-6-4-5-7-14(13)16/h4-7,9-10,15,17H,3,8H2,1-2H3. The van der Waals surface area contributed by atoms with Gasteiger partial charge in [-0.1, -0.05) is 25.1 Å². The molecular formula is C15H18FNO. The van der Waals surface area contributed by atoms with Gasteiger partial charge < -0.3 is 9.73 Å². The lowest BCUT2D eigenvalue weighted by Crippen LogP contribution is -2.23. The molecule has 0 saturated carbocycles. The van der Waals surface area contributed by atoms with E-state index in [4.69, 9.17) is 4.42 Å². The third-order valence-electron chi connectivity index (χ3n) is 2.90. The second kappa shape index (κ2) is 5.83. The van der Waals surface area contributed by atoms with Gasteiger partial charge in [0.2, 0.25) is 0 Å². The molecule has 2 nitrogen and oxygen atoms in total. The molecule has 0 radical (unpaired) electrons. The molecule has 3 heteroatoms. The van der Waals surface area contributed by atoms with E-state index in [0.717, 1.165) is 24.3 Å². The van der Waals surface area contributed by atoms with Crippen molar-refractivity contribution in [2.24, 2.45) is 0 Å². The molecular weight excluding hydrogens is 229 g/mol. The van der Waals surface area contributed by atoms with E-state index in [1.54, 1.807) is 12.3 Å². The van der Waals surface area contributed by atoms with Crippen LogP contribution in [0.15, 0.2) is 41.0 Å². The zero-order valence-corrected chi connectivity index (χ0v) is 10.7.